The van der Waals surface area contributed by atoms with Gasteiger partial charge in [-0.1, -0.05) is 20.3 Å². The molecular weight excluding hydrogens is 128 g/mol. The van der Waals surface area contributed by atoms with E-state index in [2.05, 4.69) is 13.8 Å². The van der Waals surface area contributed by atoms with Gasteiger partial charge in [-0.3, -0.25) is 4.79 Å². The smallest absolute Gasteiger partial charge is 0.309 e. The number of carbonyl (C=O) groups excluding carboxylic acids is 1. The maximum absolute atomic E-state index is 11.0. The number of cyclic esters (lactones) is 1. The molecule has 1 heterocycles. The predicted octanol–water partition coefficient (Wildman–Crippen LogP) is 1.60. The third-order valence-corrected chi connectivity index (χ3v) is 2.31. The first-order valence-electron chi connectivity index (χ1n) is 3.92. The largest absolute Gasteiger partial charge is 0.465 e. The van der Waals surface area contributed by atoms with Crippen molar-refractivity contribution in [2.24, 2.45) is 11.8 Å². The molecule has 0 aromatic heterocycles. The Morgan fingerprint density at radius 2 is 2.50 bits per heavy atom. The van der Waals surface area contributed by atoms with Crippen molar-refractivity contribution in [3.63, 3.8) is 0 Å². The normalized spacial score (nSPS) is 28.2. The molecule has 2 heteroatoms. The minimum absolute atomic E-state index is 0.00866. The van der Waals surface area contributed by atoms with E-state index in [0.717, 1.165) is 12.8 Å². The third kappa shape index (κ3) is 1.31. The average Bonchev–Trinajstić information content (AvgIpc) is 2.34. The summed E-state index contributed by atoms with van der Waals surface area (Å²) in [4.78, 5) is 11.0. The predicted molar refractivity (Wildman–Crippen MR) is 38.5 cm³/mol. The van der Waals surface area contributed by atoms with E-state index in [9.17, 15) is 4.79 Å². The SMILES string of the molecule is CCC(C)[C@H]1CCOC1=O. The summed E-state index contributed by atoms with van der Waals surface area (Å²) in [6, 6.07) is 0. The first-order valence-corrected chi connectivity index (χ1v) is 3.92. The van der Waals surface area contributed by atoms with Gasteiger partial charge < -0.3 is 4.74 Å². The zero-order valence-electron chi connectivity index (χ0n) is 6.59. The highest BCUT2D eigenvalue weighted by Crippen LogP contribution is 2.24. The van der Waals surface area contributed by atoms with Gasteiger partial charge in [0.1, 0.15) is 0 Å². The monoisotopic (exact) mass is 142 g/mol. The standard InChI is InChI=1S/C8H14O2/c1-3-6(2)7-4-5-10-8(7)9/h6-7H,3-5H2,1-2H3/t6?,7-/m1/s1. The van der Waals surface area contributed by atoms with Gasteiger partial charge in [0.2, 0.25) is 0 Å². The summed E-state index contributed by atoms with van der Waals surface area (Å²) in [6.45, 7) is 4.85. The summed E-state index contributed by atoms with van der Waals surface area (Å²) < 4.78 is 4.85. The molecular formula is C8H14O2. The molecule has 0 saturated carbocycles. The molecule has 0 radical (unpaired) electrons. The molecule has 1 fully saturated rings. The first-order chi connectivity index (χ1) is 4.75. The number of hydrogen-bond acceptors (Lipinski definition) is 2. The Bertz CT molecular complexity index is 131. The summed E-state index contributed by atoms with van der Waals surface area (Å²) in [5.41, 5.74) is 0. The summed E-state index contributed by atoms with van der Waals surface area (Å²) in [5.74, 6) is 0.689. The number of esters is 1. The van der Waals surface area contributed by atoms with Crippen LogP contribution in [0.5, 0.6) is 0 Å². The molecule has 1 aliphatic heterocycles. The van der Waals surface area contributed by atoms with Crippen molar-refractivity contribution < 1.29 is 9.53 Å². The highest BCUT2D eigenvalue weighted by atomic mass is 16.5. The molecule has 1 rings (SSSR count). The van der Waals surface area contributed by atoms with E-state index in [1.54, 1.807) is 0 Å². The average molecular weight is 142 g/mol. The Balaban J connectivity index is 2.46. The van der Waals surface area contributed by atoms with E-state index in [1.807, 2.05) is 0 Å². The van der Waals surface area contributed by atoms with Gasteiger partial charge in [0.05, 0.1) is 12.5 Å². The zero-order valence-corrected chi connectivity index (χ0v) is 6.59. The van der Waals surface area contributed by atoms with E-state index < -0.39 is 0 Å². The Kier molecular flexibility index (Phi) is 2.30. The highest BCUT2D eigenvalue weighted by Gasteiger charge is 2.30. The fraction of sp³-hybridized carbons (Fsp3) is 0.875. The summed E-state index contributed by atoms with van der Waals surface area (Å²) in [5, 5.41) is 0. The quantitative estimate of drug-likeness (QED) is 0.547. The van der Waals surface area contributed by atoms with Crippen LogP contribution in [0.15, 0.2) is 0 Å². The molecule has 0 N–H and O–H groups in total. The van der Waals surface area contributed by atoms with E-state index in [-0.39, 0.29) is 11.9 Å². The third-order valence-electron chi connectivity index (χ3n) is 2.31. The fourth-order valence-electron chi connectivity index (χ4n) is 1.31. The highest BCUT2D eigenvalue weighted by molar-refractivity contribution is 5.74. The lowest BCUT2D eigenvalue weighted by Gasteiger charge is -2.11. The van der Waals surface area contributed by atoms with Gasteiger partial charge in [0.25, 0.3) is 0 Å². The van der Waals surface area contributed by atoms with Gasteiger partial charge in [-0.05, 0) is 12.3 Å². The molecule has 0 aromatic carbocycles. The van der Waals surface area contributed by atoms with Crippen LogP contribution in [-0.2, 0) is 9.53 Å². The Morgan fingerprint density at radius 3 is 2.90 bits per heavy atom. The van der Waals surface area contributed by atoms with Crippen LogP contribution in [0, 0.1) is 11.8 Å². The van der Waals surface area contributed by atoms with Gasteiger partial charge >= 0.3 is 5.97 Å². The van der Waals surface area contributed by atoms with Gasteiger partial charge in [-0.15, -0.1) is 0 Å². The molecule has 1 aliphatic rings. The molecule has 58 valence electrons. The fourth-order valence-corrected chi connectivity index (χ4v) is 1.31. The van der Waals surface area contributed by atoms with Crippen LogP contribution in [0.1, 0.15) is 26.7 Å². The van der Waals surface area contributed by atoms with Crippen LogP contribution in [0.4, 0.5) is 0 Å². The van der Waals surface area contributed by atoms with Gasteiger partial charge in [-0.2, -0.15) is 0 Å². The summed E-state index contributed by atoms with van der Waals surface area (Å²) >= 11 is 0. The van der Waals surface area contributed by atoms with Gasteiger partial charge in [-0.25, -0.2) is 0 Å². The number of rotatable bonds is 2. The second kappa shape index (κ2) is 3.04. The molecule has 1 saturated heterocycles. The Labute approximate surface area is 61.6 Å². The maximum atomic E-state index is 11.0. The van der Waals surface area contributed by atoms with Crippen molar-refractivity contribution in [1.29, 1.82) is 0 Å². The van der Waals surface area contributed by atoms with Crippen LogP contribution in [-0.4, -0.2) is 12.6 Å². The second-order valence-electron chi connectivity index (χ2n) is 2.95. The molecule has 10 heavy (non-hydrogen) atoms. The van der Waals surface area contributed by atoms with E-state index >= 15 is 0 Å². The minimum Gasteiger partial charge on any atom is -0.465 e. The molecule has 0 aliphatic carbocycles. The van der Waals surface area contributed by atoms with Crippen molar-refractivity contribution in [3.05, 3.63) is 0 Å². The van der Waals surface area contributed by atoms with Crippen molar-refractivity contribution in [2.75, 3.05) is 6.61 Å². The lowest BCUT2D eigenvalue weighted by atomic mass is 9.91. The Morgan fingerprint density at radius 1 is 1.80 bits per heavy atom. The number of hydrogen-bond donors (Lipinski definition) is 0. The maximum Gasteiger partial charge on any atom is 0.309 e. The number of carbonyl (C=O) groups is 1. The van der Waals surface area contributed by atoms with Crippen LogP contribution < -0.4 is 0 Å². The van der Waals surface area contributed by atoms with Crippen molar-refractivity contribution in [1.82, 2.24) is 0 Å². The van der Waals surface area contributed by atoms with Gasteiger partial charge in [0, 0.05) is 0 Å². The van der Waals surface area contributed by atoms with Gasteiger partial charge in [0.15, 0.2) is 0 Å². The van der Waals surface area contributed by atoms with Crippen LogP contribution in [0.25, 0.3) is 0 Å². The molecule has 0 spiro atoms. The van der Waals surface area contributed by atoms with Crippen LogP contribution >= 0.6 is 0 Å². The van der Waals surface area contributed by atoms with Crippen LogP contribution in [0.2, 0.25) is 0 Å². The molecule has 0 amide bonds. The van der Waals surface area contributed by atoms with Crippen molar-refractivity contribution >= 4 is 5.97 Å². The molecule has 1 unspecified atom stereocenters. The van der Waals surface area contributed by atoms with Crippen molar-refractivity contribution in [2.45, 2.75) is 26.7 Å². The molecule has 2 atom stereocenters. The molecule has 0 bridgehead atoms. The first kappa shape index (κ1) is 7.58. The lowest BCUT2D eigenvalue weighted by Crippen LogP contribution is -2.15. The lowest BCUT2D eigenvalue weighted by molar-refractivity contribution is -0.142. The van der Waals surface area contributed by atoms with Crippen LogP contribution in [0.3, 0.4) is 0 Å². The summed E-state index contributed by atoms with van der Waals surface area (Å²) in [6.07, 6.45) is 1.99. The zero-order chi connectivity index (χ0) is 7.56. The topological polar surface area (TPSA) is 26.3 Å². The molecule has 0 aromatic rings. The minimum atomic E-state index is 0.00866. The summed E-state index contributed by atoms with van der Waals surface area (Å²) in [7, 11) is 0. The molecule has 2 nitrogen and oxygen atoms in total. The van der Waals surface area contributed by atoms with E-state index in [4.69, 9.17) is 4.74 Å². The van der Waals surface area contributed by atoms with E-state index in [1.165, 1.54) is 0 Å². The van der Waals surface area contributed by atoms with Crippen molar-refractivity contribution in [3.8, 4) is 0 Å². The number of ether oxygens (including phenoxy) is 1. The Hall–Kier alpha value is -0.530. The van der Waals surface area contributed by atoms with E-state index in [0.29, 0.717) is 12.5 Å². The second-order valence-corrected chi connectivity index (χ2v) is 2.95.